The summed E-state index contributed by atoms with van der Waals surface area (Å²) < 4.78 is 1.55. The zero-order valence-electron chi connectivity index (χ0n) is 10.4. The highest BCUT2D eigenvalue weighted by Gasteiger charge is 2.14. The molecule has 0 aliphatic heterocycles. The van der Waals surface area contributed by atoms with Gasteiger partial charge in [0.1, 0.15) is 12.7 Å². The number of benzene rings is 1. The van der Waals surface area contributed by atoms with Crippen molar-refractivity contribution >= 4 is 23.2 Å². The number of aromatic nitrogens is 3. The number of nitrogens with two attached hydrogens (primary N) is 1. The molecule has 6 nitrogen and oxygen atoms in total. The van der Waals surface area contributed by atoms with Crippen LogP contribution in [0, 0.1) is 0 Å². The molecule has 0 aliphatic carbocycles. The van der Waals surface area contributed by atoms with Crippen LogP contribution in [0.25, 0.3) is 5.69 Å². The fourth-order valence-electron chi connectivity index (χ4n) is 1.55. The van der Waals surface area contributed by atoms with Crippen LogP contribution >= 0.6 is 11.6 Å². The lowest BCUT2D eigenvalue weighted by atomic mass is 10.2. The summed E-state index contributed by atoms with van der Waals surface area (Å²) in [6, 6.07) is 4.57. The molecule has 0 saturated heterocycles. The molecule has 2 aromatic rings. The number of carbonyl (C=O) groups is 1. The Hall–Kier alpha value is -1.92. The summed E-state index contributed by atoms with van der Waals surface area (Å²) in [7, 11) is 0. The number of carbonyl (C=O) groups excluding carboxylic acids is 1. The Kier molecular flexibility index (Phi) is 4.13. The maximum absolute atomic E-state index is 11.9. The summed E-state index contributed by atoms with van der Waals surface area (Å²) in [6.45, 7) is 1.85. The first kappa shape index (κ1) is 13.5. The van der Waals surface area contributed by atoms with Crippen LogP contribution in [-0.4, -0.2) is 26.7 Å². The van der Waals surface area contributed by atoms with E-state index in [1.165, 1.54) is 6.33 Å². The smallest absolute Gasteiger partial charge is 0.241 e. The van der Waals surface area contributed by atoms with Crippen LogP contribution in [0.3, 0.4) is 0 Å². The molecule has 7 heteroatoms. The molecule has 0 fully saturated rings. The second kappa shape index (κ2) is 5.81. The van der Waals surface area contributed by atoms with Gasteiger partial charge >= 0.3 is 0 Å². The Balaban J connectivity index is 2.33. The van der Waals surface area contributed by atoms with Gasteiger partial charge in [-0.25, -0.2) is 9.67 Å². The van der Waals surface area contributed by atoms with E-state index in [4.69, 9.17) is 17.3 Å². The zero-order chi connectivity index (χ0) is 13.8. The maximum atomic E-state index is 11.9. The number of rotatable bonds is 4. The van der Waals surface area contributed by atoms with Crippen molar-refractivity contribution < 1.29 is 4.79 Å². The van der Waals surface area contributed by atoms with E-state index in [1.54, 1.807) is 29.2 Å². The van der Waals surface area contributed by atoms with Crippen LogP contribution in [0.5, 0.6) is 0 Å². The standard InChI is InChI=1S/C12H14ClN5O/c1-2-9(14)12(19)17-10-5-8(13)3-4-11(10)18-7-15-6-16-18/h3-7,9H,2,14H2,1H3,(H,17,19)/t9-/m1/s1. The van der Waals surface area contributed by atoms with E-state index in [2.05, 4.69) is 15.4 Å². The summed E-state index contributed by atoms with van der Waals surface area (Å²) in [6.07, 6.45) is 3.52. The van der Waals surface area contributed by atoms with Crippen LogP contribution < -0.4 is 11.1 Å². The molecule has 1 aromatic carbocycles. The first-order valence-corrected chi connectivity index (χ1v) is 6.20. The van der Waals surface area contributed by atoms with E-state index >= 15 is 0 Å². The van der Waals surface area contributed by atoms with Crippen molar-refractivity contribution in [1.82, 2.24) is 14.8 Å². The molecule has 2 rings (SSSR count). The van der Waals surface area contributed by atoms with E-state index in [0.717, 1.165) is 0 Å². The highest BCUT2D eigenvalue weighted by atomic mass is 35.5. The fraction of sp³-hybridized carbons (Fsp3) is 0.250. The minimum absolute atomic E-state index is 0.258. The van der Waals surface area contributed by atoms with Crippen LogP contribution in [0.1, 0.15) is 13.3 Å². The number of halogens is 1. The van der Waals surface area contributed by atoms with E-state index in [9.17, 15) is 4.79 Å². The van der Waals surface area contributed by atoms with Gasteiger partial charge in [0.2, 0.25) is 5.91 Å². The molecule has 0 spiro atoms. The van der Waals surface area contributed by atoms with Gasteiger partial charge in [-0.3, -0.25) is 4.79 Å². The van der Waals surface area contributed by atoms with Gasteiger partial charge in [-0.15, -0.1) is 0 Å². The van der Waals surface area contributed by atoms with Gasteiger partial charge in [0.15, 0.2) is 0 Å². The molecule has 1 atom stereocenters. The van der Waals surface area contributed by atoms with Gasteiger partial charge in [-0.05, 0) is 24.6 Å². The number of hydrogen-bond acceptors (Lipinski definition) is 4. The van der Waals surface area contributed by atoms with Crippen LogP contribution in [-0.2, 0) is 4.79 Å². The average molecular weight is 280 g/mol. The molecular formula is C12H14ClN5O. The number of nitrogens with zero attached hydrogens (tertiary/aromatic N) is 3. The van der Waals surface area contributed by atoms with Crippen molar-refractivity contribution in [2.24, 2.45) is 5.73 Å². The molecule has 1 aromatic heterocycles. The number of amides is 1. The van der Waals surface area contributed by atoms with Gasteiger partial charge in [0.05, 0.1) is 17.4 Å². The molecule has 19 heavy (non-hydrogen) atoms. The quantitative estimate of drug-likeness (QED) is 0.890. The lowest BCUT2D eigenvalue weighted by Gasteiger charge is -2.14. The number of anilines is 1. The van der Waals surface area contributed by atoms with Gasteiger partial charge in [0.25, 0.3) is 0 Å². The Bertz CT molecular complexity index is 570. The summed E-state index contributed by atoms with van der Waals surface area (Å²) >= 11 is 5.95. The van der Waals surface area contributed by atoms with Gasteiger partial charge < -0.3 is 11.1 Å². The third kappa shape index (κ3) is 3.10. The topological polar surface area (TPSA) is 85.8 Å². The molecule has 0 saturated carbocycles. The van der Waals surface area contributed by atoms with Crippen molar-refractivity contribution in [2.45, 2.75) is 19.4 Å². The molecular weight excluding hydrogens is 266 g/mol. The lowest BCUT2D eigenvalue weighted by Crippen LogP contribution is -2.35. The average Bonchev–Trinajstić information content (AvgIpc) is 2.91. The molecule has 0 aliphatic rings. The Morgan fingerprint density at radius 1 is 1.58 bits per heavy atom. The fourth-order valence-corrected chi connectivity index (χ4v) is 1.72. The van der Waals surface area contributed by atoms with Gasteiger partial charge in [-0.1, -0.05) is 18.5 Å². The third-order valence-electron chi connectivity index (χ3n) is 2.66. The highest BCUT2D eigenvalue weighted by Crippen LogP contribution is 2.24. The molecule has 3 N–H and O–H groups in total. The zero-order valence-corrected chi connectivity index (χ0v) is 11.1. The Labute approximate surface area is 115 Å². The predicted molar refractivity (Wildman–Crippen MR) is 73.3 cm³/mol. The predicted octanol–water partition coefficient (Wildman–Crippen LogP) is 1.60. The van der Waals surface area contributed by atoms with Crippen molar-refractivity contribution in [3.63, 3.8) is 0 Å². The monoisotopic (exact) mass is 279 g/mol. The van der Waals surface area contributed by atoms with E-state index < -0.39 is 6.04 Å². The normalized spacial score (nSPS) is 12.2. The first-order valence-electron chi connectivity index (χ1n) is 5.82. The van der Waals surface area contributed by atoms with E-state index in [-0.39, 0.29) is 5.91 Å². The SMILES string of the molecule is CC[C@@H](N)C(=O)Nc1cc(Cl)ccc1-n1cncn1. The second-order valence-corrected chi connectivity index (χ2v) is 4.44. The highest BCUT2D eigenvalue weighted by molar-refractivity contribution is 6.31. The van der Waals surface area contributed by atoms with Crippen molar-refractivity contribution in [3.05, 3.63) is 35.9 Å². The maximum Gasteiger partial charge on any atom is 0.241 e. The largest absolute Gasteiger partial charge is 0.323 e. The minimum atomic E-state index is -0.553. The molecule has 1 amide bonds. The molecule has 1 heterocycles. The summed E-state index contributed by atoms with van der Waals surface area (Å²) in [4.78, 5) is 15.7. The molecule has 0 unspecified atom stereocenters. The molecule has 0 bridgehead atoms. The molecule has 100 valence electrons. The summed E-state index contributed by atoms with van der Waals surface area (Å²) in [5.74, 6) is -0.258. The van der Waals surface area contributed by atoms with E-state index in [0.29, 0.717) is 22.8 Å². The van der Waals surface area contributed by atoms with Gasteiger partial charge in [-0.2, -0.15) is 5.10 Å². The summed E-state index contributed by atoms with van der Waals surface area (Å²) in [5.41, 5.74) is 6.92. The second-order valence-electron chi connectivity index (χ2n) is 4.01. The van der Waals surface area contributed by atoms with Crippen molar-refractivity contribution in [2.75, 3.05) is 5.32 Å². The number of nitrogens with one attached hydrogen (secondary N) is 1. The number of hydrogen-bond donors (Lipinski definition) is 2. The van der Waals surface area contributed by atoms with Crippen LogP contribution in [0.4, 0.5) is 5.69 Å². The lowest BCUT2D eigenvalue weighted by molar-refractivity contribution is -0.117. The van der Waals surface area contributed by atoms with Gasteiger partial charge in [0, 0.05) is 5.02 Å². The van der Waals surface area contributed by atoms with Crippen molar-refractivity contribution in [1.29, 1.82) is 0 Å². The Morgan fingerprint density at radius 3 is 3.00 bits per heavy atom. The van der Waals surface area contributed by atoms with Crippen LogP contribution in [0.2, 0.25) is 5.02 Å². The minimum Gasteiger partial charge on any atom is -0.323 e. The van der Waals surface area contributed by atoms with E-state index in [1.807, 2.05) is 6.92 Å². The summed E-state index contributed by atoms with van der Waals surface area (Å²) in [5, 5.41) is 7.30. The van der Waals surface area contributed by atoms with Crippen LogP contribution in [0.15, 0.2) is 30.9 Å². The Morgan fingerprint density at radius 2 is 2.37 bits per heavy atom. The third-order valence-corrected chi connectivity index (χ3v) is 2.89. The first-order chi connectivity index (χ1) is 9.11. The van der Waals surface area contributed by atoms with Crippen molar-refractivity contribution in [3.8, 4) is 5.69 Å². The molecule has 0 radical (unpaired) electrons.